The van der Waals surface area contributed by atoms with Crippen molar-refractivity contribution in [3.8, 4) is 28.3 Å². The lowest BCUT2D eigenvalue weighted by atomic mass is 10.0. The lowest BCUT2D eigenvalue weighted by Gasteiger charge is -2.15. The van der Waals surface area contributed by atoms with Gasteiger partial charge in [-0.1, -0.05) is 0 Å². The minimum atomic E-state index is -0.668. The maximum absolute atomic E-state index is 14.5. The van der Waals surface area contributed by atoms with Gasteiger partial charge in [-0.05, 0) is 36.4 Å². The maximum Gasteiger partial charge on any atom is 0.163 e. The molecule has 5 nitrogen and oxygen atoms in total. The molecule has 0 spiro atoms. The Morgan fingerprint density at radius 1 is 1.00 bits per heavy atom. The summed E-state index contributed by atoms with van der Waals surface area (Å²) in [7, 11) is 3.28. The van der Waals surface area contributed by atoms with Crippen molar-refractivity contribution >= 4 is 16.7 Å². The molecule has 0 fully saturated rings. The Morgan fingerprint density at radius 3 is 2.50 bits per heavy atom. The number of rotatable bonds is 4. The third kappa shape index (κ3) is 3.00. The van der Waals surface area contributed by atoms with Crippen LogP contribution in [0.2, 0.25) is 0 Å². The fourth-order valence-electron chi connectivity index (χ4n) is 3.11. The number of aromatic nitrogens is 3. The van der Waals surface area contributed by atoms with Crippen molar-refractivity contribution in [1.82, 2.24) is 15.0 Å². The van der Waals surface area contributed by atoms with Crippen LogP contribution in [0.5, 0.6) is 5.75 Å². The molecule has 0 aliphatic heterocycles. The van der Waals surface area contributed by atoms with Gasteiger partial charge in [0.15, 0.2) is 5.82 Å². The van der Waals surface area contributed by atoms with Crippen LogP contribution in [0, 0.1) is 11.6 Å². The lowest BCUT2D eigenvalue weighted by Crippen LogP contribution is -2.02. The summed E-state index contributed by atoms with van der Waals surface area (Å²) in [5.74, 6) is 0.204. The third-order valence-electron chi connectivity index (χ3n) is 4.41. The molecular weight excluding hydrogens is 362 g/mol. The zero-order valence-electron chi connectivity index (χ0n) is 15.2. The molecule has 2 aromatic heterocycles. The largest absolute Gasteiger partial charge is 0.496 e. The summed E-state index contributed by atoms with van der Waals surface area (Å²) in [6.07, 6.45) is 3.31. The minimum absolute atomic E-state index is 0.243. The van der Waals surface area contributed by atoms with Crippen LogP contribution in [-0.4, -0.2) is 29.1 Å². The van der Waals surface area contributed by atoms with Gasteiger partial charge in [0.05, 0.1) is 18.0 Å². The molecule has 2 heterocycles. The van der Waals surface area contributed by atoms with E-state index in [1.54, 1.807) is 44.8 Å². The topological polar surface area (TPSA) is 59.9 Å². The first-order valence-corrected chi connectivity index (χ1v) is 8.54. The Balaban J connectivity index is 2.08. The summed E-state index contributed by atoms with van der Waals surface area (Å²) in [6, 6.07) is 10.5. The molecule has 0 aliphatic rings. The molecule has 4 rings (SSSR count). The second-order valence-electron chi connectivity index (χ2n) is 6.05. The summed E-state index contributed by atoms with van der Waals surface area (Å²) in [5, 5.41) is 3.66. The highest BCUT2D eigenvalue weighted by Crippen LogP contribution is 2.38. The fraction of sp³-hybridized carbons (Fsp3) is 0.0952. The van der Waals surface area contributed by atoms with Gasteiger partial charge in [0, 0.05) is 42.2 Å². The van der Waals surface area contributed by atoms with Gasteiger partial charge in [0.2, 0.25) is 0 Å². The number of hydrogen-bond acceptors (Lipinski definition) is 5. The van der Waals surface area contributed by atoms with Gasteiger partial charge in [-0.15, -0.1) is 0 Å². The predicted octanol–water partition coefficient (Wildman–Crippen LogP) is 4.69. The average Bonchev–Trinajstić information content (AvgIpc) is 2.73. The molecule has 0 bridgehead atoms. The normalized spacial score (nSPS) is 10.9. The highest BCUT2D eigenvalue weighted by atomic mass is 19.1. The zero-order valence-corrected chi connectivity index (χ0v) is 15.2. The van der Waals surface area contributed by atoms with Crippen LogP contribution in [-0.2, 0) is 0 Å². The van der Waals surface area contributed by atoms with Crippen LogP contribution in [0.3, 0.4) is 0 Å². The highest BCUT2D eigenvalue weighted by Gasteiger charge is 2.19. The molecule has 0 saturated heterocycles. The Labute approximate surface area is 160 Å². The number of ether oxygens (including phenoxy) is 1. The molecule has 2 aromatic carbocycles. The molecule has 0 radical (unpaired) electrons. The molecule has 0 aliphatic carbocycles. The van der Waals surface area contributed by atoms with Crippen LogP contribution >= 0.6 is 0 Å². The summed E-state index contributed by atoms with van der Waals surface area (Å²) in [4.78, 5) is 13.4. The second-order valence-corrected chi connectivity index (χ2v) is 6.05. The van der Waals surface area contributed by atoms with Gasteiger partial charge < -0.3 is 10.1 Å². The van der Waals surface area contributed by atoms with Crippen LogP contribution in [0.4, 0.5) is 14.6 Å². The first kappa shape index (κ1) is 17.8. The van der Waals surface area contributed by atoms with E-state index in [0.29, 0.717) is 39.4 Å². The number of hydrogen-bond donors (Lipinski definition) is 1. The number of pyridine rings is 1. The van der Waals surface area contributed by atoms with Gasteiger partial charge in [-0.2, -0.15) is 0 Å². The molecule has 0 atom stereocenters. The number of halogens is 2. The van der Waals surface area contributed by atoms with Crippen LogP contribution in [0.15, 0.2) is 54.9 Å². The van der Waals surface area contributed by atoms with Crippen molar-refractivity contribution in [1.29, 1.82) is 0 Å². The first-order valence-electron chi connectivity index (χ1n) is 8.54. The average molecular weight is 378 g/mol. The van der Waals surface area contributed by atoms with E-state index in [2.05, 4.69) is 20.3 Å². The highest BCUT2D eigenvalue weighted by molar-refractivity contribution is 6.04. The quantitative estimate of drug-likeness (QED) is 0.558. The number of methoxy groups -OCH3 is 1. The number of benzene rings is 2. The van der Waals surface area contributed by atoms with Crippen molar-refractivity contribution < 1.29 is 13.5 Å². The van der Waals surface area contributed by atoms with E-state index < -0.39 is 11.6 Å². The number of fused-ring (bicyclic) bond motifs is 1. The van der Waals surface area contributed by atoms with Gasteiger partial charge in [-0.3, -0.25) is 4.98 Å². The van der Waals surface area contributed by atoms with Crippen molar-refractivity contribution in [3.05, 3.63) is 66.5 Å². The van der Waals surface area contributed by atoms with E-state index in [1.807, 2.05) is 6.07 Å². The Bertz CT molecular complexity index is 1170. The molecule has 0 unspecified atom stereocenters. The molecule has 140 valence electrons. The van der Waals surface area contributed by atoms with Gasteiger partial charge >= 0.3 is 0 Å². The van der Waals surface area contributed by atoms with Crippen molar-refractivity contribution in [2.75, 3.05) is 19.5 Å². The molecular formula is C21H16F2N4O. The summed E-state index contributed by atoms with van der Waals surface area (Å²) in [6.45, 7) is 0. The van der Waals surface area contributed by atoms with E-state index in [-0.39, 0.29) is 5.56 Å². The third-order valence-corrected chi connectivity index (χ3v) is 4.41. The molecule has 0 amide bonds. The Morgan fingerprint density at radius 2 is 1.82 bits per heavy atom. The maximum atomic E-state index is 14.5. The van der Waals surface area contributed by atoms with Crippen molar-refractivity contribution in [2.24, 2.45) is 0 Å². The van der Waals surface area contributed by atoms with Crippen LogP contribution in [0.25, 0.3) is 33.4 Å². The Kier molecular flexibility index (Phi) is 4.57. The molecule has 28 heavy (non-hydrogen) atoms. The van der Waals surface area contributed by atoms with Crippen molar-refractivity contribution in [3.63, 3.8) is 0 Å². The SMILES string of the molecule is CNc1nc(-c2cccnc2)nc2c(-c3ccc(F)cc3F)ccc(OC)c12. The van der Waals surface area contributed by atoms with Gasteiger partial charge in [-0.25, -0.2) is 18.7 Å². The first-order chi connectivity index (χ1) is 13.6. The van der Waals surface area contributed by atoms with E-state index >= 15 is 0 Å². The van der Waals surface area contributed by atoms with Crippen molar-refractivity contribution in [2.45, 2.75) is 0 Å². The second kappa shape index (κ2) is 7.19. The summed E-state index contributed by atoms with van der Waals surface area (Å²) in [5.41, 5.74) is 1.96. The number of anilines is 1. The lowest BCUT2D eigenvalue weighted by molar-refractivity contribution is 0.420. The van der Waals surface area contributed by atoms with E-state index in [0.717, 1.165) is 6.07 Å². The monoisotopic (exact) mass is 378 g/mol. The summed E-state index contributed by atoms with van der Waals surface area (Å²) >= 11 is 0. The minimum Gasteiger partial charge on any atom is -0.496 e. The standard InChI is InChI=1S/C21H16F2N4O/c1-24-21-18-17(28-2)8-7-15(14-6-5-13(22)10-16(14)23)19(18)26-20(27-21)12-4-3-9-25-11-12/h3-11H,1-2H3,(H,24,26,27). The smallest absolute Gasteiger partial charge is 0.163 e. The molecule has 0 saturated carbocycles. The van der Waals surface area contributed by atoms with Gasteiger partial charge in [0.1, 0.15) is 23.2 Å². The molecule has 4 aromatic rings. The number of nitrogens with zero attached hydrogens (tertiary/aromatic N) is 3. The van der Waals surface area contributed by atoms with E-state index in [4.69, 9.17) is 4.74 Å². The van der Waals surface area contributed by atoms with Crippen LogP contribution in [0.1, 0.15) is 0 Å². The summed E-state index contributed by atoms with van der Waals surface area (Å²) < 4.78 is 33.4. The van der Waals surface area contributed by atoms with E-state index in [1.165, 1.54) is 12.1 Å². The molecule has 1 N–H and O–H groups in total. The zero-order chi connectivity index (χ0) is 19.7. The fourth-order valence-corrected chi connectivity index (χ4v) is 3.11. The van der Waals surface area contributed by atoms with Gasteiger partial charge in [0.25, 0.3) is 0 Å². The predicted molar refractivity (Wildman–Crippen MR) is 104 cm³/mol. The van der Waals surface area contributed by atoms with Crippen LogP contribution < -0.4 is 10.1 Å². The Hall–Kier alpha value is -3.61. The number of nitrogens with one attached hydrogen (secondary N) is 1. The van der Waals surface area contributed by atoms with E-state index in [9.17, 15) is 8.78 Å². The molecule has 7 heteroatoms.